The molecule has 2 amide bonds. The van der Waals surface area contributed by atoms with Crippen molar-refractivity contribution in [1.29, 1.82) is 0 Å². The van der Waals surface area contributed by atoms with Crippen molar-refractivity contribution >= 4 is 45.8 Å². The molecule has 2 N–H and O–H groups in total. The molecule has 7 heteroatoms. The molecule has 0 unspecified atom stereocenters. The monoisotopic (exact) mass is 371 g/mol. The van der Waals surface area contributed by atoms with Crippen molar-refractivity contribution in [2.45, 2.75) is 11.6 Å². The summed E-state index contributed by atoms with van der Waals surface area (Å²) in [6, 6.07) is 11.0. The van der Waals surface area contributed by atoms with Crippen LogP contribution in [0.3, 0.4) is 0 Å². The number of aromatic nitrogens is 1. The van der Waals surface area contributed by atoms with Crippen molar-refractivity contribution in [3.05, 3.63) is 58.3 Å². The lowest BCUT2D eigenvalue weighted by molar-refractivity contribution is -0.127. The summed E-state index contributed by atoms with van der Waals surface area (Å²) < 4.78 is 0. The van der Waals surface area contributed by atoms with Crippen LogP contribution in [-0.2, 0) is 11.3 Å². The number of carbonyl (C=O) groups excluding carboxylic acids is 2. The lowest BCUT2D eigenvalue weighted by Crippen LogP contribution is -2.27. The number of hydrogen-bond donors (Lipinski definition) is 1. The summed E-state index contributed by atoms with van der Waals surface area (Å²) >= 11 is 2.92. The van der Waals surface area contributed by atoms with Crippen LogP contribution in [-0.4, -0.2) is 34.5 Å². The van der Waals surface area contributed by atoms with Crippen LogP contribution in [0.5, 0.6) is 0 Å². The number of rotatable bonds is 6. The quantitative estimate of drug-likeness (QED) is 0.675. The minimum atomic E-state index is -0.499. The fourth-order valence-corrected chi connectivity index (χ4v) is 3.94. The van der Waals surface area contributed by atoms with Gasteiger partial charge in [0.15, 0.2) is 0 Å². The fourth-order valence-electron chi connectivity index (χ4n) is 2.42. The van der Waals surface area contributed by atoms with E-state index in [9.17, 15) is 9.59 Å². The Hall–Kier alpha value is -2.38. The molecule has 1 aromatic carbocycles. The molecule has 3 aromatic rings. The van der Waals surface area contributed by atoms with Crippen molar-refractivity contribution in [3.8, 4) is 0 Å². The molecule has 0 bridgehead atoms. The van der Waals surface area contributed by atoms with Gasteiger partial charge < -0.3 is 10.6 Å². The Bertz CT molecular complexity index is 910. The standard InChI is InChI=1S/C18H17N3O2S2/c1-21(9-12-6-7-24-10-12)17(22)11-25-16-8-14(18(19)23)13-4-2-3-5-15(13)20-16/h2-8,10H,9,11H2,1H3,(H2,19,23). The number of nitrogens with zero attached hydrogens (tertiary/aromatic N) is 2. The van der Waals surface area contributed by atoms with Crippen LogP contribution < -0.4 is 5.73 Å². The first-order valence-electron chi connectivity index (χ1n) is 7.62. The van der Waals surface area contributed by atoms with Gasteiger partial charge in [0.05, 0.1) is 21.9 Å². The van der Waals surface area contributed by atoms with E-state index in [-0.39, 0.29) is 11.7 Å². The van der Waals surface area contributed by atoms with Crippen molar-refractivity contribution < 1.29 is 9.59 Å². The van der Waals surface area contributed by atoms with E-state index >= 15 is 0 Å². The van der Waals surface area contributed by atoms with E-state index in [1.54, 1.807) is 29.4 Å². The zero-order chi connectivity index (χ0) is 17.8. The fraction of sp³-hybridized carbons (Fsp3) is 0.167. The summed E-state index contributed by atoms with van der Waals surface area (Å²) in [5.41, 5.74) is 7.71. The zero-order valence-corrected chi connectivity index (χ0v) is 15.3. The normalized spacial score (nSPS) is 10.8. The van der Waals surface area contributed by atoms with Crippen LogP contribution >= 0.6 is 23.1 Å². The molecule has 0 aliphatic rings. The highest BCUT2D eigenvalue weighted by atomic mass is 32.2. The lowest BCUT2D eigenvalue weighted by Gasteiger charge is -2.16. The van der Waals surface area contributed by atoms with Crippen LogP contribution in [0, 0.1) is 0 Å². The molecule has 0 aliphatic heterocycles. The molecule has 0 saturated heterocycles. The highest BCUT2D eigenvalue weighted by Crippen LogP contribution is 2.24. The maximum atomic E-state index is 12.3. The van der Waals surface area contributed by atoms with Gasteiger partial charge in [-0.3, -0.25) is 9.59 Å². The van der Waals surface area contributed by atoms with Gasteiger partial charge in [-0.1, -0.05) is 30.0 Å². The molecule has 128 valence electrons. The van der Waals surface area contributed by atoms with Gasteiger partial charge in [0.25, 0.3) is 0 Å². The molecule has 3 rings (SSSR count). The second-order valence-corrected chi connectivity index (χ2v) is 7.34. The third kappa shape index (κ3) is 4.18. The summed E-state index contributed by atoms with van der Waals surface area (Å²) in [5.74, 6) is -0.238. The van der Waals surface area contributed by atoms with E-state index in [1.807, 2.05) is 41.1 Å². The predicted molar refractivity (Wildman–Crippen MR) is 102 cm³/mol. The molecule has 5 nitrogen and oxygen atoms in total. The van der Waals surface area contributed by atoms with E-state index in [1.165, 1.54) is 11.8 Å². The highest BCUT2D eigenvalue weighted by molar-refractivity contribution is 7.99. The Morgan fingerprint density at radius 1 is 1.28 bits per heavy atom. The van der Waals surface area contributed by atoms with Gasteiger partial charge >= 0.3 is 0 Å². The first-order valence-corrected chi connectivity index (χ1v) is 9.55. The molecule has 0 fully saturated rings. The molecule has 0 aliphatic carbocycles. The van der Waals surface area contributed by atoms with Crippen LogP contribution in [0.25, 0.3) is 10.9 Å². The summed E-state index contributed by atoms with van der Waals surface area (Å²) in [7, 11) is 1.78. The number of amides is 2. The molecule has 2 heterocycles. The molecule has 0 saturated carbocycles. The smallest absolute Gasteiger partial charge is 0.249 e. The molecular weight excluding hydrogens is 354 g/mol. The molecule has 2 aromatic heterocycles. The van der Waals surface area contributed by atoms with Crippen LogP contribution in [0.1, 0.15) is 15.9 Å². The van der Waals surface area contributed by atoms with Gasteiger partial charge in [-0.05, 0) is 34.5 Å². The summed E-state index contributed by atoms with van der Waals surface area (Å²) in [6.45, 7) is 0.584. The van der Waals surface area contributed by atoms with Crippen molar-refractivity contribution in [3.63, 3.8) is 0 Å². The number of hydrogen-bond acceptors (Lipinski definition) is 5. The van der Waals surface area contributed by atoms with Crippen molar-refractivity contribution in [1.82, 2.24) is 9.88 Å². The highest BCUT2D eigenvalue weighted by Gasteiger charge is 2.14. The van der Waals surface area contributed by atoms with Crippen molar-refractivity contribution in [2.24, 2.45) is 5.73 Å². The number of carbonyl (C=O) groups is 2. The zero-order valence-electron chi connectivity index (χ0n) is 13.6. The number of pyridine rings is 1. The first kappa shape index (κ1) is 17.4. The van der Waals surface area contributed by atoms with Crippen molar-refractivity contribution in [2.75, 3.05) is 12.8 Å². The average Bonchev–Trinajstić information content (AvgIpc) is 3.11. The summed E-state index contributed by atoms with van der Waals surface area (Å²) in [4.78, 5) is 30.2. The lowest BCUT2D eigenvalue weighted by atomic mass is 10.1. The van der Waals surface area contributed by atoms with E-state index in [0.29, 0.717) is 22.7 Å². The van der Waals surface area contributed by atoms with Gasteiger partial charge in [-0.2, -0.15) is 11.3 Å². The Morgan fingerprint density at radius 3 is 2.80 bits per heavy atom. The number of fused-ring (bicyclic) bond motifs is 1. The van der Waals surface area contributed by atoms with E-state index in [4.69, 9.17) is 5.73 Å². The molecule has 25 heavy (non-hydrogen) atoms. The second kappa shape index (κ2) is 7.67. The number of nitrogens with two attached hydrogens (primary N) is 1. The SMILES string of the molecule is CN(Cc1ccsc1)C(=O)CSc1cc(C(N)=O)c2ccccc2n1. The Kier molecular flexibility index (Phi) is 5.35. The van der Waals surface area contributed by atoms with Gasteiger partial charge in [-0.25, -0.2) is 4.98 Å². The first-order chi connectivity index (χ1) is 12.0. The van der Waals surface area contributed by atoms with Gasteiger partial charge in [-0.15, -0.1) is 0 Å². The van der Waals surface area contributed by atoms with E-state index in [2.05, 4.69) is 4.98 Å². The van der Waals surface area contributed by atoms with Gasteiger partial charge in [0.1, 0.15) is 0 Å². The second-order valence-electron chi connectivity index (χ2n) is 5.56. The maximum Gasteiger partial charge on any atom is 0.249 e. The summed E-state index contributed by atoms with van der Waals surface area (Å²) in [6.07, 6.45) is 0. The Labute approximate surface area is 153 Å². The van der Waals surface area contributed by atoms with Crippen LogP contribution in [0.15, 0.2) is 52.2 Å². The average molecular weight is 371 g/mol. The topological polar surface area (TPSA) is 76.3 Å². The third-order valence-electron chi connectivity index (χ3n) is 3.73. The van der Waals surface area contributed by atoms with E-state index in [0.717, 1.165) is 10.9 Å². The minimum Gasteiger partial charge on any atom is -0.366 e. The van der Waals surface area contributed by atoms with Gasteiger partial charge in [0.2, 0.25) is 11.8 Å². The van der Waals surface area contributed by atoms with E-state index < -0.39 is 5.91 Å². The molecule has 0 radical (unpaired) electrons. The van der Waals surface area contributed by atoms with Crippen LogP contribution in [0.4, 0.5) is 0 Å². The number of thiophene rings is 1. The molecule has 0 atom stereocenters. The largest absolute Gasteiger partial charge is 0.366 e. The molecule has 0 spiro atoms. The Morgan fingerprint density at radius 2 is 2.08 bits per heavy atom. The van der Waals surface area contributed by atoms with Gasteiger partial charge in [0, 0.05) is 19.0 Å². The third-order valence-corrected chi connectivity index (χ3v) is 5.36. The van der Waals surface area contributed by atoms with Crippen LogP contribution in [0.2, 0.25) is 0 Å². The number of para-hydroxylation sites is 1. The number of thioether (sulfide) groups is 1. The number of primary amides is 1. The number of benzene rings is 1. The minimum absolute atomic E-state index is 0.00628. The predicted octanol–water partition coefficient (Wildman–Crippen LogP) is 3.15. The Balaban J connectivity index is 1.72. The summed E-state index contributed by atoms with van der Waals surface area (Å²) in [5, 5.41) is 5.36. The maximum absolute atomic E-state index is 12.3. The molecular formula is C18H17N3O2S2.